The van der Waals surface area contributed by atoms with Gasteiger partial charge in [0, 0.05) is 11.6 Å². The summed E-state index contributed by atoms with van der Waals surface area (Å²) in [6, 6.07) is 8.44. The monoisotopic (exact) mass is 263 g/mol. The predicted molar refractivity (Wildman–Crippen MR) is 77.5 cm³/mol. The van der Waals surface area contributed by atoms with E-state index in [0.29, 0.717) is 12.0 Å². The average Bonchev–Trinajstić information content (AvgIpc) is 3.23. The van der Waals surface area contributed by atoms with Crippen molar-refractivity contribution in [2.45, 2.75) is 44.7 Å². The molecule has 0 spiro atoms. The Morgan fingerprint density at radius 1 is 1.42 bits per heavy atom. The van der Waals surface area contributed by atoms with Crippen molar-refractivity contribution in [3.05, 3.63) is 29.8 Å². The molecule has 0 bridgehead atoms. The first-order chi connectivity index (χ1) is 9.09. The summed E-state index contributed by atoms with van der Waals surface area (Å²) in [6.45, 7) is 4.50. The van der Waals surface area contributed by atoms with Gasteiger partial charge in [0.2, 0.25) is 0 Å². The van der Waals surface area contributed by atoms with Gasteiger partial charge in [0.1, 0.15) is 5.75 Å². The minimum absolute atomic E-state index is 0.137. The SMILES string of the molecule is COc1ccccc1CC(C)NC(C)(CO)C1CC1. The summed E-state index contributed by atoms with van der Waals surface area (Å²) in [4.78, 5) is 0. The van der Waals surface area contributed by atoms with Crippen LogP contribution in [0.5, 0.6) is 5.75 Å². The highest BCUT2D eigenvalue weighted by Crippen LogP contribution is 2.39. The molecule has 2 atom stereocenters. The molecule has 0 aromatic heterocycles. The zero-order valence-electron chi connectivity index (χ0n) is 12.1. The second-order valence-electron chi connectivity index (χ2n) is 5.91. The molecule has 1 fully saturated rings. The molecule has 2 N–H and O–H groups in total. The summed E-state index contributed by atoms with van der Waals surface area (Å²) < 4.78 is 5.39. The van der Waals surface area contributed by atoms with Crippen molar-refractivity contribution >= 4 is 0 Å². The highest BCUT2D eigenvalue weighted by atomic mass is 16.5. The third-order valence-corrected chi connectivity index (χ3v) is 4.10. The number of methoxy groups -OCH3 is 1. The first kappa shape index (κ1) is 14.4. The lowest BCUT2D eigenvalue weighted by Crippen LogP contribution is -2.52. The summed E-state index contributed by atoms with van der Waals surface area (Å²) in [5.74, 6) is 1.56. The number of ether oxygens (including phenoxy) is 1. The van der Waals surface area contributed by atoms with Gasteiger partial charge in [0.05, 0.1) is 13.7 Å². The quantitative estimate of drug-likeness (QED) is 0.793. The number of aliphatic hydroxyl groups excluding tert-OH is 1. The van der Waals surface area contributed by atoms with Crippen molar-refractivity contribution in [2.75, 3.05) is 13.7 Å². The summed E-state index contributed by atoms with van der Waals surface area (Å²) in [5.41, 5.74) is 1.07. The van der Waals surface area contributed by atoms with E-state index in [2.05, 4.69) is 25.2 Å². The van der Waals surface area contributed by atoms with Crippen molar-refractivity contribution in [2.24, 2.45) is 5.92 Å². The van der Waals surface area contributed by atoms with E-state index in [-0.39, 0.29) is 12.1 Å². The standard InChI is InChI=1S/C16H25NO2/c1-12(17-16(2,11-18)14-8-9-14)10-13-6-4-5-7-15(13)19-3/h4-7,12,14,17-18H,8-11H2,1-3H3. The van der Waals surface area contributed by atoms with E-state index in [4.69, 9.17) is 4.74 Å². The van der Waals surface area contributed by atoms with Crippen molar-refractivity contribution in [3.8, 4) is 5.75 Å². The number of hydrogen-bond donors (Lipinski definition) is 2. The molecule has 3 nitrogen and oxygen atoms in total. The number of hydrogen-bond acceptors (Lipinski definition) is 3. The van der Waals surface area contributed by atoms with E-state index in [1.54, 1.807) is 7.11 Å². The molecule has 0 amide bonds. The fraction of sp³-hybridized carbons (Fsp3) is 0.625. The topological polar surface area (TPSA) is 41.5 Å². The van der Waals surface area contributed by atoms with E-state index in [1.807, 2.05) is 18.2 Å². The lowest BCUT2D eigenvalue weighted by Gasteiger charge is -2.32. The van der Waals surface area contributed by atoms with Gasteiger partial charge < -0.3 is 15.2 Å². The van der Waals surface area contributed by atoms with Gasteiger partial charge in [-0.25, -0.2) is 0 Å². The van der Waals surface area contributed by atoms with Gasteiger partial charge >= 0.3 is 0 Å². The fourth-order valence-electron chi connectivity index (χ4n) is 2.83. The smallest absolute Gasteiger partial charge is 0.122 e. The molecule has 0 radical (unpaired) electrons. The van der Waals surface area contributed by atoms with Gasteiger partial charge in [-0.15, -0.1) is 0 Å². The van der Waals surface area contributed by atoms with Gasteiger partial charge in [-0.1, -0.05) is 18.2 Å². The molecule has 19 heavy (non-hydrogen) atoms. The molecule has 106 valence electrons. The Labute approximate surface area is 116 Å². The van der Waals surface area contributed by atoms with Crippen LogP contribution >= 0.6 is 0 Å². The van der Waals surface area contributed by atoms with Crippen LogP contribution in [-0.4, -0.2) is 30.4 Å². The molecule has 1 saturated carbocycles. The van der Waals surface area contributed by atoms with Gasteiger partial charge in [-0.2, -0.15) is 0 Å². The van der Waals surface area contributed by atoms with Crippen LogP contribution in [0.2, 0.25) is 0 Å². The van der Waals surface area contributed by atoms with Crippen LogP contribution in [0.1, 0.15) is 32.3 Å². The van der Waals surface area contributed by atoms with Crippen molar-refractivity contribution in [3.63, 3.8) is 0 Å². The Morgan fingerprint density at radius 3 is 2.68 bits per heavy atom. The number of nitrogens with one attached hydrogen (secondary N) is 1. The average molecular weight is 263 g/mol. The van der Waals surface area contributed by atoms with Crippen LogP contribution in [0.15, 0.2) is 24.3 Å². The van der Waals surface area contributed by atoms with Gasteiger partial charge in [0.25, 0.3) is 0 Å². The fourth-order valence-corrected chi connectivity index (χ4v) is 2.83. The number of para-hydroxylation sites is 1. The van der Waals surface area contributed by atoms with Gasteiger partial charge in [-0.05, 0) is 50.7 Å². The van der Waals surface area contributed by atoms with E-state index >= 15 is 0 Å². The first-order valence-electron chi connectivity index (χ1n) is 7.09. The minimum Gasteiger partial charge on any atom is -0.496 e. The molecule has 3 heteroatoms. The van der Waals surface area contributed by atoms with E-state index in [1.165, 1.54) is 18.4 Å². The molecule has 1 aliphatic rings. The van der Waals surface area contributed by atoms with Crippen molar-refractivity contribution < 1.29 is 9.84 Å². The zero-order chi connectivity index (χ0) is 13.9. The molecule has 1 aliphatic carbocycles. The molecule has 1 aromatic rings. The molecular weight excluding hydrogens is 238 g/mol. The number of rotatable bonds is 7. The Morgan fingerprint density at radius 2 is 2.11 bits per heavy atom. The summed E-state index contributed by atoms with van der Waals surface area (Å²) in [6.07, 6.45) is 3.36. The second kappa shape index (κ2) is 5.93. The minimum atomic E-state index is -0.137. The van der Waals surface area contributed by atoms with Gasteiger partial charge in [-0.3, -0.25) is 0 Å². The van der Waals surface area contributed by atoms with Crippen LogP contribution in [-0.2, 0) is 6.42 Å². The van der Waals surface area contributed by atoms with Crippen LogP contribution in [0.25, 0.3) is 0 Å². The molecule has 0 heterocycles. The third-order valence-electron chi connectivity index (χ3n) is 4.10. The molecule has 1 aromatic carbocycles. The van der Waals surface area contributed by atoms with E-state index < -0.39 is 0 Å². The lowest BCUT2D eigenvalue weighted by molar-refractivity contribution is 0.143. The van der Waals surface area contributed by atoms with E-state index in [0.717, 1.165) is 12.2 Å². The number of aliphatic hydroxyl groups is 1. The molecule has 2 rings (SSSR count). The molecular formula is C16H25NO2. The van der Waals surface area contributed by atoms with Crippen LogP contribution in [0, 0.1) is 5.92 Å². The second-order valence-corrected chi connectivity index (χ2v) is 5.91. The maximum Gasteiger partial charge on any atom is 0.122 e. The Bertz CT molecular complexity index is 417. The normalized spacial score (nSPS) is 19.8. The van der Waals surface area contributed by atoms with Crippen LogP contribution in [0.4, 0.5) is 0 Å². The largest absolute Gasteiger partial charge is 0.496 e. The number of benzene rings is 1. The van der Waals surface area contributed by atoms with Gasteiger partial charge in [0.15, 0.2) is 0 Å². The molecule has 0 aliphatic heterocycles. The highest BCUT2D eigenvalue weighted by molar-refractivity contribution is 5.33. The van der Waals surface area contributed by atoms with Crippen molar-refractivity contribution in [1.29, 1.82) is 0 Å². The summed E-state index contributed by atoms with van der Waals surface area (Å²) in [5, 5.41) is 13.2. The predicted octanol–water partition coefficient (Wildman–Crippen LogP) is 2.38. The summed E-state index contributed by atoms with van der Waals surface area (Å²) >= 11 is 0. The van der Waals surface area contributed by atoms with E-state index in [9.17, 15) is 5.11 Å². The molecule has 0 saturated heterocycles. The van der Waals surface area contributed by atoms with Crippen molar-refractivity contribution in [1.82, 2.24) is 5.32 Å². The zero-order valence-corrected chi connectivity index (χ0v) is 12.1. The third kappa shape index (κ3) is 3.48. The maximum atomic E-state index is 9.62. The highest BCUT2D eigenvalue weighted by Gasteiger charge is 2.41. The Hall–Kier alpha value is -1.06. The summed E-state index contributed by atoms with van der Waals surface area (Å²) in [7, 11) is 1.71. The maximum absolute atomic E-state index is 9.62. The van der Waals surface area contributed by atoms with Crippen LogP contribution < -0.4 is 10.1 Å². The molecule has 2 unspecified atom stereocenters. The first-order valence-corrected chi connectivity index (χ1v) is 7.09. The Kier molecular flexibility index (Phi) is 4.48. The van der Waals surface area contributed by atoms with Crippen LogP contribution in [0.3, 0.4) is 0 Å². The lowest BCUT2D eigenvalue weighted by atomic mass is 9.94. The Balaban J connectivity index is 1.98.